The van der Waals surface area contributed by atoms with E-state index < -0.39 is 15.8 Å². The number of halogens is 2. The maximum absolute atomic E-state index is 13.9. The van der Waals surface area contributed by atoms with Crippen LogP contribution in [0.4, 0.5) is 11.4 Å². The number of fused-ring (bicyclic) bond motifs is 6. The van der Waals surface area contributed by atoms with E-state index in [2.05, 4.69) is 4.98 Å². The van der Waals surface area contributed by atoms with Crippen molar-refractivity contribution in [2.75, 3.05) is 14.2 Å². The number of nitro benzene ring substituents is 2. The Morgan fingerprint density at radius 3 is 1.73 bits per heavy atom. The third kappa shape index (κ3) is 5.21. The van der Waals surface area contributed by atoms with Gasteiger partial charge in [0.2, 0.25) is 0 Å². The SMILES string of the molecule is COc1ccc(C(=O)OC=C(c2c(Cl)cncc2Cl)c2ccc(OC)c3oc4ccc([N+](=O)[O-])cc4c23)c2c1oc1ccc([N+](=O)[O-])cc12. The zero-order valence-corrected chi connectivity index (χ0v) is 26.7. The normalized spacial score (nSPS) is 11.8. The Morgan fingerprint density at radius 1 is 0.755 bits per heavy atom. The lowest BCUT2D eigenvalue weighted by Gasteiger charge is -2.14. The summed E-state index contributed by atoms with van der Waals surface area (Å²) in [4.78, 5) is 40.2. The van der Waals surface area contributed by atoms with Gasteiger partial charge in [-0.05, 0) is 42.0 Å². The Hall–Kier alpha value is -6.18. The molecule has 0 unspecified atom stereocenters. The lowest BCUT2D eigenvalue weighted by Crippen LogP contribution is -2.04. The molecule has 0 bridgehead atoms. The Balaban J connectivity index is 1.46. The van der Waals surface area contributed by atoms with Crippen LogP contribution in [0.25, 0.3) is 49.5 Å². The largest absolute Gasteiger partial charge is 0.493 e. The summed E-state index contributed by atoms with van der Waals surface area (Å²) in [5.74, 6) is -0.237. The second kappa shape index (κ2) is 12.1. The number of hydrogen-bond acceptors (Lipinski definition) is 11. The van der Waals surface area contributed by atoms with Crippen molar-refractivity contribution < 1.29 is 37.7 Å². The number of benzene rings is 4. The number of pyridine rings is 1. The smallest absolute Gasteiger partial charge is 0.343 e. The quantitative estimate of drug-likeness (QED) is 0.0640. The van der Waals surface area contributed by atoms with Crippen molar-refractivity contribution in [2.45, 2.75) is 0 Å². The van der Waals surface area contributed by atoms with Gasteiger partial charge in [-0.15, -0.1) is 0 Å². The average Bonchev–Trinajstić information content (AvgIpc) is 3.67. The first-order valence-corrected chi connectivity index (χ1v) is 14.9. The molecule has 0 aliphatic carbocycles. The van der Waals surface area contributed by atoms with E-state index in [0.717, 1.165) is 6.26 Å². The molecule has 13 nitrogen and oxygen atoms in total. The van der Waals surface area contributed by atoms with Crippen LogP contribution in [0.1, 0.15) is 21.5 Å². The van der Waals surface area contributed by atoms with Gasteiger partial charge < -0.3 is 23.0 Å². The van der Waals surface area contributed by atoms with Crippen LogP contribution in [0.2, 0.25) is 10.0 Å². The highest BCUT2D eigenvalue weighted by Crippen LogP contribution is 2.45. The zero-order chi connectivity index (χ0) is 34.6. The molecular formula is C34H19Cl2N3O10. The van der Waals surface area contributed by atoms with Crippen LogP contribution < -0.4 is 9.47 Å². The number of carbonyl (C=O) groups is 1. The summed E-state index contributed by atoms with van der Waals surface area (Å²) in [5.41, 5.74) is 1.49. The van der Waals surface area contributed by atoms with Gasteiger partial charge in [-0.1, -0.05) is 23.2 Å². The van der Waals surface area contributed by atoms with Crippen LogP contribution in [-0.4, -0.2) is 35.0 Å². The molecule has 3 heterocycles. The van der Waals surface area contributed by atoms with E-state index in [1.165, 1.54) is 75.1 Å². The maximum atomic E-state index is 13.9. The molecule has 0 amide bonds. The highest BCUT2D eigenvalue weighted by atomic mass is 35.5. The molecule has 49 heavy (non-hydrogen) atoms. The molecule has 4 aromatic carbocycles. The molecule has 0 radical (unpaired) electrons. The summed E-state index contributed by atoms with van der Waals surface area (Å²) in [6.45, 7) is 0. The summed E-state index contributed by atoms with van der Waals surface area (Å²) in [6.07, 6.45) is 3.86. The van der Waals surface area contributed by atoms with E-state index in [9.17, 15) is 25.0 Å². The van der Waals surface area contributed by atoms with Crippen molar-refractivity contribution in [3.05, 3.63) is 126 Å². The molecule has 0 saturated carbocycles. The second-order valence-corrected chi connectivity index (χ2v) is 11.3. The number of rotatable bonds is 8. The minimum atomic E-state index is -0.863. The fraction of sp³-hybridized carbons (Fsp3) is 0.0588. The van der Waals surface area contributed by atoms with Gasteiger partial charge in [0.15, 0.2) is 22.7 Å². The van der Waals surface area contributed by atoms with Crippen LogP contribution in [0, 0.1) is 20.2 Å². The van der Waals surface area contributed by atoms with Gasteiger partial charge >= 0.3 is 5.97 Å². The number of nitrogens with zero attached hydrogens (tertiary/aromatic N) is 3. The summed E-state index contributed by atoms with van der Waals surface area (Å²) in [5, 5.41) is 24.8. The Bertz CT molecular complexity index is 2550. The summed E-state index contributed by atoms with van der Waals surface area (Å²) < 4.78 is 28.8. The van der Waals surface area contributed by atoms with E-state index in [-0.39, 0.29) is 60.3 Å². The van der Waals surface area contributed by atoms with Crippen LogP contribution in [0.5, 0.6) is 11.5 Å². The molecule has 0 N–H and O–H groups in total. The Morgan fingerprint density at radius 2 is 1.24 bits per heavy atom. The van der Waals surface area contributed by atoms with Crippen molar-refractivity contribution in [2.24, 2.45) is 0 Å². The van der Waals surface area contributed by atoms with Gasteiger partial charge in [-0.3, -0.25) is 25.2 Å². The van der Waals surface area contributed by atoms with Crippen molar-refractivity contribution in [3.63, 3.8) is 0 Å². The van der Waals surface area contributed by atoms with E-state index >= 15 is 0 Å². The minimum Gasteiger partial charge on any atom is -0.493 e. The van der Waals surface area contributed by atoms with E-state index in [0.29, 0.717) is 38.8 Å². The van der Waals surface area contributed by atoms with Gasteiger partial charge in [-0.25, -0.2) is 4.79 Å². The average molecular weight is 700 g/mol. The topological polar surface area (TPSA) is 170 Å². The molecule has 0 aliphatic rings. The number of furan rings is 2. The Labute approximate surface area is 284 Å². The fourth-order valence-corrected chi connectivity index (χ4v) is 6.30. The van der Waals surface area contributed by atoms with E-state index in [1.54, 1.807) is 12.1 Å². The summed E-state index contributed by atoms with van der Waals surface area (Å²) >= 11 is 13.3. The number of nitro groups is 2. The standard InChI is InChI=1S/C34H19Cl2N3O10/c1-45-27-9-5-18(29-20-11-16(38(41)42)3-7-25(20)48-32(27)29)22(31-23(35)13-37-14-24(31)36)15-47-34(40)19-6-10-28(46-2)33-30(19)21-12-17(39(43)44)4-8-26(21)49-33/h3-15H,1-2H3. The van der Waals surface area contributed by atoms with Crippen LogP contribution in [-0.2, 0) is 4.74 Å². The highest BCUT2D eigenvalue weighted by Gasteiger charge is 2.26. The predicted molar refractivity (Wildman–Crippen MR) is 181 cm³/mol. The van der Waals surface area contributed by atoms with Gasteiger partial charge in [0.25, 0.3) is 11.4 Å². The predicted octanol–water partition coefficient (Wildman–Crippen LogP) is 9.27. The molecule has 244 valence electrons. The van der Waals surface area contributed by atoms with Crippen LogP contribution in [0.3, 0.4) is 0 Å². The number of esters is 1. The Kier molecular flexibility index (Phi) is 7.77. The van der Waals surface area contributed by atoms with E-state index in [4.69, 9.17) is 46.2 Å². The first kappa shape index (κ1) is 31.4. The molecule has 7 aromatic rings. The van der Waals surface area contributed by atoms with Crippen LogP contribution in [0.15, 0.2) is 88.2 Å². The first-order valence-electron chi connectivity index (χ1n) is 14.2. The second-order valence-electron chi connectivity index (χ2n) is 10.5. The molecule has 0 saturated heterocycles. The molecule has 7 rings (SSSR count). The van der Waals surface area contributed by atoms with Crippen LogP contribution >= 0.6 is 23.2 Å². The molecule has 0 spiro atoms. The third-order valence-corrected chi connectivity index (χ3v) is 8.48. The van der Waals surface area contributed by atoms with Crippen molar-refractivity contribution in [3.8, 4) is 11.5 Å². The van der Waals surface area contributed by atoms with Gasteiger partial charge in [-0.2, -0.15) is 0 Å². The number of carbonyl (C=O) groups excluding carboxylic acids is 1. The number of aromatic nitrogens is 1. The number of non-ortho nitro benzene ring substituents is 2. The van der Waals surface area contributed by atoms with Gasteiger partial charge in [0.05, 0.1) is 39.7 Å². The molecule has 0 aliphatic heterocycles. The molecule has 3 aromatic heterocycles. The van der Waals surface area contributed by atoms with Crippen molar-refractivity contribution >= 4 is 90.0 Å². The van der Waals surface area contributed by atoms with Crippen molar-refractivity contribution in [1.29, 1.82) is 0 Å². The lowest BCUT2D eigenvalue weighted by atomic mass is 9.95. The maximum Gasteiger partial charge on any atom is 0.343 e. The summed E-state index contributed by atoms with van der Waals surface area (Å²) in [7, 11) is 2.87. The molecule has 15 heteroatoms. The number of hydrogen-bond donors (Lipinski definition) is 0. The first-order chi connectivity index (χ1) is 23.6. The fourth-order valence-electron chi connectivity index (χ4n) is 5.73. The van der Waals surface area contributed by atoms with E-state index in [1.807, 2.05) is 0 Å². The number of ether oxygens (including phenoxy) is 3. The minimum absolute atomic E-state index is 0.0156. The summed E-state index contributed by atoms with van der Waals surface area (Å²) in [6, 6.07) is 14.4. The monoisotopic (exact) mass is 699 g/mol. The van der Waals surface area contributed by atoms with Gasteiger partial charge in [0, 0.05) is 69.3 Å². The zero-order valence-electron chi connectivity index (χ0n) is 25.2. The van der Waals surface area contributed by atoms with Crippen molar-refractivity contribution in [1.82, 2.24) is 4.98 Å². The lowest BCUT2D eigenvalue weighted by molar-refractivity contribution is -0.384. The molecule has 0 fully saturated rings. The van der Waals surface area contributed by atoms with Gasteiger partial charge in [0.1, 0.15) is 17.4 Å². The molecular weight excluding hydrogens is 681 g/mol. The molecule has 0 atom stereocenters. The third-order valence-electron chi connectivity index (χ3n) is 7.91. The number of methoxy groups -OCH3 is 2. The highest BCUT2D eigenvalue weighted by molar-refractivity contribution is 6.38.